The molecule has 2 aromatic carbocycles. The van der Waals surface area contributed by atoms with Gasteiger partial charge in [-0.25, -0.2) is 0 Å². The number of allylic oxidation sites excluding steroid dienone is 1. The first-order chi connectivity index (χ1) is 17.8. The number of halogens is 3. The van der Waals surface area contributed by atoms with Gasteiger partial charge in [0.1, 0.15) is 11.5 Å². The summed E-state index contributed by atoms with van der Waals surface area (Å²) < 4.78 is 55.1. The molecule has 7 nitrogen and oxygen atoms in total. The third-order valence-corrected chi connectivity index (χ3v) is 6.96. The molecule has 1 N–H and O–H groups in total. The number of carbonyl (C=O) groups excluding carboxylic acids is 3. The maximum Gasteiger partial charge on any atom is 0.425 e. The first-order valence-corrected chi connectivity index (χ1v) is 12.1. The van der Waals surface area contributed by atoms with Gasteiger partial charge in [0.05, 0.1) is 19.8 Å². The number of nitrogens with zero attached hydrogens (tertiary/aromatic N) is 1. The Morgan fingerprint density at radius 1 is 1.00 bits per heavy atom. The van der Waals surface area contributed by atoms with Gasteiger partial charge >= 0.3 is 6.18 Å². The highest BCUT2D eigenvalue weighted by atomic mass is 19.4. The first-order valence-electron chi connectivity index (χ1n) is 12.1. The molecular formula is C28H29F3N2O5. The molecule has 0 spiro atoms. The average Bonchev–Trinajstić information content (AvgIpc) is 3.10. The highest BCUT2D eigenvalue weighted by Crippen LogP contribution is 2.51. The molecule has 0 saturated heterocycles. The molecular weight excluding hydrogens is 501 g/mol. The SMILES string of the molecule is COc1ccc(CCN2C(=O)C(NC(=O)c3cccc(OC)c3)(C(F)(F)F)C3=C2CC(C)(C)CC3=O)cc1. The van der Waals surface area contributed by atoms with Crippen LogP contribution in [-0.4, -0.2) is 55.0 Å². The fraction of sp³-hybridized carbons (Fsp3) is 0.393. The van der Waals surface area contributed by atoms with Crippen molar-refractivity contribution in [3.63, 3.8) is 0 Å². The van der Waals surface area contributed by atoms with E-state index < -0.39 is 40.3 Å². The Morgan fingerprint density at radius 3 is 2.26 bits per heavy atom. The Labute approximate surface area is 218 Å². The summed E-state index contributed by atoms with van der Waals surface area (Å²) in [6.07, 6.45) is -5.14. The zero-order valence-electron chi connectivity index (χ0n) is 21.6. The lowest BCUT2D eigenvalue weighted by Crippen LogP contribution is -2.66. The van der Waals surface area contributed by atoms with E-state index in [1.807, 2.05) is 5.32 Å². The second kappa shape index (κ2) is 9.81. The molecule has 0 aromatic heterocycles. The van der Waals surface area contributed by atoms with Crippen LogP contribution in [0.15, 0.2) is 59.8 Å². The summed E-state index contributed by atoms with van der Waals surface area (Å²) >= 11 is 0. The third kappa shape index (κ3) is 4.75. The van der Waals surface area contributed by atoms with Crippen LogP contribution >= 0.6 is 0 Å². The van der Waals surface area contributed by atoms with Crippen molar-refractivity contribution in [3.8, 4) is 11.5 Å². The van der Waals surface area contributed by atoms with Gasteiger partial charge in [-0.15, -0.1) is 0 Å². The van der Waals surface area contributed by atoms with Crippen LogP contribution in [0, 0.1) is 5.41 Å². The van der Waals surface area contributed by atoms with Gasteiger partial charge in [-0.2, -0.15) is 13.2 Å². The molecule has 1 atom stereocenters. The number of hydrogen-bond donors (Lipinski definition) is 1. The fourth-order valence-electron chi connectivity index (χ4n) is 5.10. The van der Waals surface area contributed by atoms with Crippen LogP contribution in [0.3, 0.4) is 0 Å². The van der Waals surface area contributed by atoms with Crippen LogP contribution in [0.4, 0.5) is 13.2 Å². The number of rotatable bonds is 7. The highest BCUT2D eigenvalue weighted by molar-refractivity contribution is 6.14. The maximum atomic E-state index is 15.0. The van der Waals surface area contributed by atoms with Gasteiger partial charge in [-0.05, 0) is 54.2 Å². The monoisotopic (exact) mass is 530 g/mol. The number of benzene rings is 2. The van der Waals surface area contributed by atoms with Crippen LogP contribution in [0.5, 0.6) is 11.5 Å². The molecule has 38 heavy (non-hydrogen) atoms. The summed E-state index contributed by atoms with van der Waals surface area (Å²) in [4.78, 5) is 41.2. The molecule has 2 aromatic rings. The number of carbonyl (C=O) groups is 3. The van der Waals surface area contributed by atoms with Gasteiger partial charge in [0.15, 0.2) is 5.78 Å². The van der Waals surface area contributed by atoms with Crippen LogP contribution < -0.4 is 14.8 Å². The van der Waals surface area contributed by atoms with Crippen LogP contribution in [0.1, 0.15) is 42.6 Å². The number of amides is 2. The van der Waals surface area contributed by atoms with Gasteiger partial charge in [0, 0.05) is 24.2 Å². The van der Waals surface area contributed by atoms with E-state index in [1.54, 1.807) is 38.1 Å². The quantitative estimate of drug-likeness (QED) is 0.572. The zero-order chi connectivity index (χ0) is 27.9. The molecule has 10 heteroatoms. The molecule has 2 amide bonds. The predicted octanol–water partition coefficient (Wildman–Crippen LogP) is 4.46. The summed E-state index contributed by atoms with van der Waals surface area (Å²) in [6, 6.07) is 12.5. The normalized spacial score (nSPS) is 20.9. The van der Waals surface area contributed by atoms with E-state index in [9.17, 15) is 27.6 Å². The number of ether oxygens (including phenoxy) is 2. The summed E-state index contributed by atoms with van der Waals surface area (Å²) in [5.74, 6) is -2.46. The van der Waals surface area contributed by atoms with Crippen molar-refractivity contribution in [2.24, 2.45) is 5.41 Å². The van der Waals surface area contributed by atoms with Crippen molar-refractivity contribution >= 4 is 17.6 Å². The van der Waals surface area contributed by atoms with Gasteiger partial charge in [-0.3, -0.25) is 14.4 Å². The van der Waals surface area contributed by atoms with Crippen LogP contribution in [0.25, 0.3) is 0 Å². The highest BCUT2D eigenvalue weighted by Gasteiger charge is 2.71. The average molecular weight is 531 g/mol. The van der Waals surface area contributed by atoms with Gasteiger partial charge in [0.25, 0.3) is 11.8 Å². The Balaban J connectivity index is 1.77. The van der Waals surface area contributed by atoms with Crippen molar-refractivity contribution < 1.29 is 37.0 Å². The Bertz CT molecular complexity index is 1300. The summed E-state index contributed by atoms with van der Waals surface area (Å²) in [5.41, 5.74) is -4.20. The molecule has 2 aliphatic rings. The molecule has 4 rings (SSSR count). The minimum Gasteiger partial charge on any atom is -0.497 e. The number of hydrogen-bond acceptors (Lipinski definition) is 5. The Morgan fingerprint density at radius 2 is 1.66 bits per heavy atom. The third-order valence-electron chi connectivity index (χ3n) is 6.96. The van der Waals surface area contributed by atoms with E-state index in [0.717, 1.165) is 10.5 Å². The lowest BCUT2D eigenvalue weighted by atomic mass is 9.72. The minimum atomic E-state index is -5.27. The van der Waals surface area contributed by atoms with Crippen molar-refractivity contribution in [2.45, 2.75) is 44.8 Å². The van der Waals surface area contributed by atoms with Gasteiger partial charge in [0.2, 0.25) is 5.54 Å². The molecule has 202 valence electrons. The van der Waals surface area contributed by atoms with Gasteiger partial charge in [-0.1, -0.05) is 32.0 Å². The minimum absolute atomic E-state index is 0.00743. The number of ketones is 1. The van der Waals surface area contributed by atoms with Crippen LogP contribution in [0.2, 0.25) is 0 Å². The molecule has 1 aliphatic heterocycles. The topological polar surface area (TPSA) is 84.9 Å². The van der Waals surface area contributed by atoms with E-state index in [0.29, 0.717) is 5.75 Å². The number of methoxy groups -OCH3 is 2. The fourth-order valence-corrected chi connectivity index (χ4v) is 5.10. The standard InChI is InChI=1S/C28H29F3N2O5/c1-26(2)15-21-23(22(34)16-26)27(28(29,30)31,32-24(35)18-6-5-7-20(14-18)38-4)25(36)33(21)13-12-17-8-10-19(37-3)11-9-17/h5-11,14H,12-13,15-16H2,1-4H3,(H,32,35). The van der Waals surface area contributed by atoms with Crippen molar-refractivity contribution in [3.05, 3.63) is 70.9 Å². The van der Waals surface area contributed by atoms with Gasteiger partial charge < -0.3 is 19.7 Å². The molecule has 0 bridgehead atoms. The Kier molecular flexibility index (Phi) is 7.03. The summed E-state index contributed by atoms with van der Waals surface area (Å²) in [7, 11) is 2.87. The maximum absolute atomic E-state index is 15.0. The molecule has 0 fully saturated rings. The van der Waals surface area contributed by atoms with E-state index >= 15 is 0 Å². The van der Waals surface area contributed by atoms with Crippen molar-refractivity contribution in [1.82, 2.24) is 10.2 Å². The smallest absolute Gasteiger partial charge is 0.425 e. The second-order valence-electron chi connectivity index (χ2n) is 10.3. The van der Waals surface area contributed by atoms with E-state index in [2.05, 4.69) is 0 Å². The van der Waals surface area contributed by atoms with Crippen molar-refractivity contribution in [1.29, 1.82) is 0 Å². The predicted molar refractivity (Wildman–Crippen MR) is 133 cm³/mol. The zero-order valence-corrected chi connectivity index (χ0v) is 21.6. The molecule has 1 aliphatic carbocycles. The molecule has 1 unspecified atom stereocenters. The first kappa shape index (κ1) is 27.2. The largest absolute Gasteiger partial charge is 0.497 e. The Hall–Kier alpha value is -3.82. The lowest BCUT2D eigenvalue weighted by molar-refractivity contribution is -0.190. The number of alkyl halides is 3. The molecule has 0 saturated carbocycles. The van der Waals surface area contributed by atoms with E-state index in [1.165, 1.54) is 38.5 Å². The summed E-state index contributed by atoms with van der Waals surface area (Å²) in [5, 5.41) is 1.94. The van der Waals surface area contributed by atoms with E-state index in [-0.39, 0.29) is 42.8 Å². The molecule has 0 radical (unpaired) electrons. The molecule has 1 heterocycles. The van der Waals surface area contributed by atoms with Crippen molar-refractivity contribution in [2.75, 3.05) is 20.8 Å². The second-order valence-corrected chi connectivity index (χ2v) is 10.3. The van der Waals surface area contributed by atoms with Crippen LogP contribution in [-0.2, 0) is 16.0 Å². The number of nitrogens with one attached hydrogen (secondary N) is 1. The number of Topliss-reactive ketones (excluding diaryl/α,β-unsaturated/α-hetero) is 1. The summed E-state index contributed by atoms with van der Waals surface area (Å²) in [6.45, 7) is 3.44. The lowest BCUT2D eigenvalue weighted by Gasteiger charge is -2.35. The van der Waals surface area contributed by atoms with E-state index in [4.69, 9.17) is 9.47 Å².